The number of aryl methyl sites for hydroxylation is 1. The summed E-state index contributed by atoms with van der Waals surface area (Å²) in [5, 5.41) is 1.74. The number of ether oxygens (including phenoxy) is 1. The molecule has 2 aliphatic heterocycles. The molecule has 132 valence electrons. The lowest BCUT2D eigenvalue weighted by atomic mass is 10.1. The van der Waals surface area contributed by atoms with Gasteiger partial charge in [-0.25, -0.2) is 0 Å². The number of methoxy groups -OCH3 is 1. The van der Waals surface area contributed by atoms with Gasteiger partial charge in [0.2, 0.25) is 0 Å². The van der Waals surface area contributed by atoms with Crippen LogP contribution in [0.25, 0.3) is 37.1 Å². The van der Waals surface area contributed by atoms with Crippen molar-refractivity contribution in [2.45, 2.75) is 6.92 Å². The Morgan fingerprint density at radius 1 is 0.926 bits per heavy atom. The van der Waals surface area contributed by atoms with Crippen LogP contribution in [0.2, 0.25) is 0 Å². The van der Waals surface area contributed by atoms with E-state index < -0.39 is 0 Å². The average molecular weight is 371 g/mol. The van der Waals surface area contributed by atoms with Crippen molar-refractivity contribution in [2.75, 3.05) is 7.11 Å². The Balaban J connectivity index is 2.01. The van der Waals surface area contributed by atoms with Crippen LogP contribution in [0, 0.1) is 6.92 Å². The molecule has 0 N–H and O–H groups in total. The van der Waals surface area contributed by atoms with Crippen LogP contribution in [-0.2, 0) is 0 Å². The largest absolute Gasteiger partial charge is 0.497 e. The molecule has 5 rings (SSSR count). The molecule has 0 unspecified atom stereocenters. The highest BCUT2D eigenvalue weighted by Gasteiger charge is 2.22. The molecule has 0 spiro atoms. The predicted molar refractivity (Wildman–Crippen MR) is 113 cm³/mol. The van der Waals surface area contributed by atoms with Crippen LogP contribution in [0.15, 0.2) is 71.5 Å². The second kappa shape index (κ2) is 5.96. The summed E-state index contributed by atoms with van der Waals surface area (Å²) >= 11 is 1.72. The van der Waals surface area contributed by atoms with Crippen LogP contribution < -0.4 is 10.3 Å². The summed E-state index contributed by atoms with van der Waals surface area (Å²) in [7, 11) is 1.67. The first-order chi connectivity index (χ1) is 13.2. The quantitative estimate of drug-likeness (QED) is 0.403. The molecule has 0 aliphatic carbocycles. The maximum atomic E-state index is 13.2. The Morgan fingerprint density at radius 3 is 2.56 bits per heavy atom. The van der Waals surface area contributed by atoms with Crippen LogP contribution in [0.1, 0.15) is 5.56 Å². The molecule has 3 aromatic carbocycles. The standard InChI is InChI=1S/C23H17NO2S/c1-14-10-11-19-20(12-14)27-22(15-6-5-7-16(13-15)26-2)21-17-8-3-4-9-18(17)23(25)24(19)21/h3-13H,1-2H3. The van der Waals surface area contributed by atoms with E-state index in [0.29, 0.717) is 0 Å². The third kappa shape index (κ3) is 2.37. The highest BCUT2D eigenvalue weighted by molar-refractivity contribution is 7.22. The van der Waals surface area contributed by atoms with Gasteiger partial charge in [-0.3, -0.25) is 9.36 Å². The summed E-state index contributed by atoms with van der Waals surface area (Å²) in [6.07, 6.45) is 0. The van der Waals surface area contributed by atoms with Crippen molar-refractivity contribution in [3.63, 3.8) is 0 Å². The van der Waals surface area contributed by atoms with Gasteiger partial charge in [-0.15, -0.1) is 11.3 Å². The van der Waals surface area contributed by atoms with E-state index in [4.69, 9.17) is 4.74 Å². The van der Waals surface area contributed by atoms with Gasteiger partial charge in [0.05, 0.1) is 27.9 Å². The van der Waals surface area contributed by atoms with Crippen molar-refractivity contribution in [3.05, 3.63) is 82.6 Å². The smallest absolute Gasteiger partial charge is 0.263 e. The molecule has 27 heavy (non-hydrogen) atoms. The van der Waals surface area contributed by atoms with Gasteiger partial charge in [-0.1, -0.05) is 36.4 Å². The summed E-state index contributed by atoms with van der Waals surface area (Å²) in [6.45, 7) is 2.08. The number of nitrogens with zero attached hydrogens (tertiary/aromatic N) is 1. The molecule has 2 heterocycles. The molecular formula is C23H17NO2S. The zero-order chi connectivity index (χ0) is 18.5. The van der Waals surface area contributed by atoms with Gasteiger partial charge in [0, 0.05) is 10.8 Å². The van der Waals surface area contributed by atoms with Crippen LogP contribution in [0.3, 0.4) is 0 Å². The van der Waals surface area contributed by atoms with Crippen molar-refractivity contribution in [2.24, 2.45) is 0 Å². The van der Waals surface area contributed by atoms with E-state index in [1.54, 1.807) is 18.4 Å². The highest BCUT2D eigenvalue weighted by Crippen LogP contribution is 2.41. The minimum Gasteiger partial charge on any atom is -0.497 e. The number of rotatable bonds is 2. The van der Waals surface area contributed by atoms with Crippen LogP contribution in [-0.4, -0.2) is 11.7 Å². The van der Waals surface area contributed by atoms with Gasteiger partial charge in [0.1, 0.15) is 5.75 Å². The normalized spacial score (nSPS) is 11.5. The molecule has 0 fully saturated rings. The molecule has 0 aromatic heterocycles. The van der Waals surface area contributed by atoms with Crippen molar-refractivity contribution in [3.8, 4) is 21.9 Å². The minimum absolute atomic E-state index is 0.0337. The van der Waals surface area contributed by atoms with E-state index in [-0.39, 0.29) is 5.56 Å². The van der Waals surface area contributed by atoms with E-state index >= 15 is 0 Å². The van der Waals surface area contributed by atoms with E-state index in [1.165, 1.54) is 5.56 Å². The summed E-state index contributed by atoms with van der Waals surface area (Å²) in [4.78, 5) is 14.3. The predicted octanol–water partition coefficient (Wildman–Crippen LogP) is 5.63. The van der Waals surface area contributed by atoms with Gasteiger partial charge >= 0.3 is 0 Å². The van der Waals surface area contributed by atoms with E-state index in [1.807, 2.05) is 53.1 Å². The first-order valence-corrected chi connectivity index (χ1v) is 9.60. The summed E-state index contributed by atoms with van der Waals surface area (Å²) in [5.41, 5.74) is 4.18. The number of benzene rings is 3. The third-order valence-electron chi connectivity index (χ3n) is 4.95. The lowest BCUT2D eigenvalue weighted by molar-refractivity contribution is 0.415. The molecule has 3 aromatic rings. The van der Waals surface area contributed by atoms with Crippen molar-refractivity contribution < 1.29 is 4.74 Å². The molecule has 2 aliphatic rings. The minimum atomic E-state index is 0.0337. The fraction of sp³-hybridized carbons (Fsp3) is 0.0870. The maximum absolute atomic E-state index is 13.2. The van der Waals surface area contributed by atoms with Crippen LogP contribution >= 0.6 is 11.3 Å². The number of fused-ring (bicyclic) bond motifs is 5. The van der Waals surface area contributed by atoms with E-state index in [9.17, 15) is 4.79 Å². The fourth-order valence-corrected chi connectivity index (χ4v) is 4.95. The van der Waals surface area contributed by atoms with Crippen LogP contribution in [0.4, 0.5) is 0 Å². The summed E-state index contributed by atoms with van der Waals surface area (Å²) in [5.74, 6) is 0.806. The lowest BCUT2D eigenvalue weighted by Gasteiger charge is -2.15. The number of hydrogen-bond donors (Lipinski definition) is 0. The summed E-state index contributed by atoms with van der Waals surface area (Å²) < 4.78 is 8.38. The molecule has 0 saturated carbocycles. The summed E-state index contributed by atoms with van der Waals surface area (Å²) in [6, 6.07) is 22.1. The van der Waals surface area contributed by atoms with Gasteiger partial charge in [0.25, 0.3) is 5.56 Å². The van der Waals surface area contributed by atoms with E-state index in [2.05, 4.69) is 25.1 Å². The molecule has 4 heteroatoms. The Bertz CT molecular complexity index is 1350. The second-order valence-electron chi connectivity index (χ2n) is 6.67. The number of hydrogen-bond acceptors (Lipinski definition) is 3. The SMILES string of the molecule is COc1cccc(-c2sc3cc(C)ccc3n3c(=O)c4ccccc4c2-3)c1. The second-order valence-corrected chi connectivity index (χ2v) is 7.72. The Morgan fingerprint density at radius 2 is 1.74 bits per heavy atom. The molecule has 3 nitrogen and oxygen atoms in total. The van der Waals surface area contributed by atoms with Crippen molar-refractivity contribution in [1.82, 2.24) is 4.57 Å². The van der Waals surface area contributed by atoms with E-state index in [0.717, 1.165) is 42.9 Å². The van der Waals surface area contributed by atoms with Crippen molar-refractivity contribution in [1.29, 1.82) is 0 Å². The molecule has 0 amide bonds. The first kappa shape index (κ1) is 16.1. The van der Waals surface area contributed by atoms with Gasteiger partial charge in [-0.05, 0) is 48.4 Å². The molecule has 0 saturated heterocycles. The fourth-order valence-electron chi connectivity index (χ4n) is 3.68. The molecular weight excluding hydrogens is 354 g/mol. The van der Waals surface area contributed by atoms with Gasteiger partial charge < -0.3 is 4.74 Å². The first-order valence-electron chi connectivity index (χ1n) is 8.78. The van der Waals surface area contributed by atoms with Gasteiger partial charge in [0.15, 0.2) is 0 Å². The topological polar surface area (TPSA) is 31.2 Å². The monoisotopic (exact) mass is 371 g/mol. The van der Waals surface area contributed by atoms with Crippen molar-refractivity contribution >= 4 is 32.3 Å². The maximum Gasteiger partial charge on any atom is 0.263 e. The molecule has 0 radical (unpaired) electrons. The number of aromatic nitrogens is 1. The lowest BCUT2D eigenvalue weighted by Crippen LogP contribution is -2.13. The zero-order valence-corrected chi connectivity index (χ0v) is 15.8. The molecule has 0 atom stereocenters. The highest BCUT2D eigenvalue weighted by atomic mass is 32.1. The third-order valence-corrected chi connectivity index (χ3v) is 6.13. The van der Waals surface area contributed by atoms with Gasteiger partial charge in [-0.2, -0.15) is 0 Å². The molecule has 0 bridgehead atoms. The Kier molecular flexibility index (Phi) is 3.55. The Hall–Kier alpha value is -3.11. The Labute approximate surface area is 160 Å². The zero-order valence-electron chi connectivity index (χ0n) is 15.0. The average Bonchev–Trinajstić information content (AvgIpc) is 3.00. The van der Waals surface area contributed by atoms with Crippen LogP contribution in [0.5, 0.6) is 5.75 Å².